The zero-order chi connectivity index (χ0) is 14.7. The van der Waals surface area contributed by atoms with Crippen LogP contribution in [0.5, 0.6) is 5.75 Å². The summed E-state index contributed by atoms with van der Waals surface area (Å²) >= 11 is 7.98. The van der Waals surface area contributed by atoms with Gasteiger partial charge in [-0.1, -0.05) is 17.7 Å². The third kappa shape index (κ3) is 3.55. The Morgan fingerprint density at radius 1 is 1.65 bits per heavy atom. The van der Waals surface area contributed by atoms with Gasteiger partial charge in [-0.2, -0.15) is 0 Å². The molecule has 2 rings (SSSR count). The molecule has 1 fully saturated rings. The molecule has 0 aromatic heterocycles. The van der Waals surface area contributed by atoms with E-state index in [1.807, 2.05) is 28.7 Å². The first-order valence-corrected chi connectivity index (χ1v) is 7.70. The maximum atomic E-state index is 11.6. The Morgan fingerprint density at radius 2 is 2.40 bits per heavy atom. The Morgan fingerprint density at radius 3 is 3.10 bits per heavy atom. The lowest BCUT2D eigenvalue weighted by molar-refractivity contribution is -0.138. The number of morpholine rings is 1. The van der Waals surface area contributed by atoms with Gasteiger partial charge in [0.25, 0.3) is 0 Å². The van der Waals surface area contributed by atoms with Crippen molar-refractivity contribution in [1.29, 1.82) is 0 Å². The highest BCUT2D eigenvalue weighted by Gasteiger charge is 2.26. The molecule has 110 valence electrons. The Bertz CT molecular complexity index is 513. The van der Waals surface area contributed by atoms with Gasteiger partial charge in [-0.3, -0.25) is 9.69 Å². The summed E-state index contributed by atoms with van der Waals surface area (Å²) in [6.45, 7) is 2.31. The number of likely N-dealkylation sites (N-methyl/N-ethyl adjacent to an activating group) is 1. The van der Waals surface area contributed by atoms with Crippen molar-refractivity contribution >= 4 is 40.1 Å². The predicted molar refractivity (Wildman–Crippen MR) is 84.9 cm³/mol. The topological polar surface area (TPSA) is 61.8 Å². The molecule has 2 N–H and O–H groups in total. The van der Waals surface area contributed by atoms with Gasteiger partial charge >= 0.3 is 0 Å². The van der Waals surface area contributed by atoms with E-state index in [1.165, 1.54) is 0 Å². The summed E-state index contributed by atoms with van der Waals surface area (Å²) < 4.78 is 6.08. The first kappa shape index (κ1) is 15.8. The van der Waals surface area contributed by atoms with Crippen LogP contribution in [0.15, 0.2) is 12.1 Å². The normalized spacial score (nSPS) is 19.9. The second kappa shape index (κ2) is 6.93. The van der Waals surface area contributed by atoms with Gasteiger partial charge in [0, 0.05) is 32.2 Å². The van der Waals surface area contributed by atoms with Crippen molar-refractivity contribution in [2.75, 3.05) is 26.7 Å². The summed E-state index contributed by atoms with van der Waals surface area (Å²) in [5.41, 5.74) is 0.802. The molecule has 1 aliphatic heterocycles. The van der Waals surface area contributed by atoms with E-state index in [0.29, 0.717) is 28.3 Å². The third-order valence-corrected chi connectivity index (χ3v) is 4.96. The van der Waals surface area contributed by atoms with Gasteiger partial charge in [0.2, 0.25) is 5.91 Å². The van der Waals surface area contributed by atoms with E-state index in [-0.39, 0.29) is 11.7 Å². The number of nitrogens with one attached hydrogen (secondary N) is 1. The summed E-state index contributed by atoms with van der Waals surface area (Å²) in [7, 11) is 1.60. The molecule has 1 heterocycles. The van der Waals surface area contributed by atoms with Crippen molar-refractivity contribution in [1.82, 2.24) is 10.2 Å². The molecule has 5 nitrogen and oxygen atoms in total. The van der Waals surface area contributed by atoms with Crippen LogP contribution in [0.4, 0.5) is 0 Å². The number of nitrogens with zero attached hydrogens (tertiary/aromatic N) is 1. The Balaban J connectivity index is 2.06. The quantitative estimate of drug-likeness (QED) is 0.743. The number of hydrogen-bond acceptors (Lipinski definition) is 4. The largest absolute Gasteiger partial charge is 0.506 e. The Kier molecular flexibility index (Phi) is 5.48. The van der Waals surface area contributed by atoms with Crippen molar-refractivity contribution in [3.8, 4) is 5.75 Å². The number of amides is 1. The first-order valence-electron chi connectivity index (χ1n) is 6.24. The smallest absolute Gasteiger partial charge is 0.250 e. The van der Waals surface area contributed by atoms with Crippen LogP contribution in [0.25, 0.3) is 0 Å². The number of benzene rings is 1. The van der Waals surface area contributed by atoms with E-state index in [9.17, 15) is 9.90 Å². The Hall–Kier alpha value is -0.570. The van der Waals surface area contributed by atoms with Crippen molar-refractivity contribution in [3.05, 3.63) is 26.3 Å². The minimum atomic E-state index is -0.456. The number of carbonyl (C=O) groups is 1. The van der Waals surface area contributed by atoms with E-state index < -0.39 is 6.10 Å². The zero-order valence-corrected chi connectivity index (χ0v) is 13.9. The van der Waals surface area contributed by atoms with Crippen LogP contribution in [0.1, 0.15) is 5.56 Å². The lowest BCUT2D eigenvalue weighted by Crippen LogP contribution is -2.48. The van der Waals surface area contributed by atoms with Gasteiger partial charge < -0.3 is 15.2 Å². The molecule has 1 atom stereocenters. The molecule has 20 heavy (non-hydrogen) atoms. The van der Waals surface area contributed by atoms with Crippen LogP contribution in [0, 0.1) is 3.57 Å². The van der Waals surface area contributed by atoms with Crippen LogP contribution in [-0.2, 0) is 16.1 Å². The molecule has 0 radical (unpaired) electrons. The number of carbonyl (C=O) groups excluding carboxylic acids is 1. The number of phenolic OH excluding ortho intramolecular Hbond substituents is 1. The van der Waals surface area contributed by atoms with E-state index in [0.717, 1.165) is 12.1 Å². The second-order valence-electron chi connectivity index (χ2n) is 4.58. The molecule has 1 aromatic carbocycles. The van der Waals surface area contributed by atoms with Crippen molar-refractivity contribution < 1.29 is 14.6 Å². The maximum absolute atomic E-state index is 11.6. The summed E-state index contributed by atoms with van der Waals surface area (Å²) in [5, 5.41) is 13.2. The van der Waals surface area contributed by atoms with E-state index in [1.54, 1.807) is 13.1 Å². The average molecular weight is 411 g/mol. The highest BCUT2D eigenvalue weighted by atomic mass is 127. The van der Waals surface area contributed by atoms with Crippen molar-refractivity contribution in [2.45, 2.75) is 12.6 Å². The van der Waals surface area contributed by atoms with Crippen molar-refractivity contribution in [3.63, 3.8) is 0 Å². The fourth-order valence-corrected chi connectivity index (χ4v) is 2.79. The van der Waals surface area contributed by atoms with E-state index in [2.05, 4.69) is 10.2 Å². The molecular formula is C13H16ClIN2O3. The molecular weight excluding hydrogens is 395 g/mol. The van der Waals surface area contributed by atoms with Gasteiger partial charge in [-0.25, -0.2) is 0 Å². The highest BCUT2D eigenvalue weighted by Crippen LogP contribution is 2.31. The zero-order valence-electron chi connectivity index (χ0n) is 11.0. The molecule has 1 amide bonds. The number of rotatable bonds is 3. The van der Waals surface area contributed by atoms with E-state index >= 15 is 0 Å². The van der Waals surface area contributed by atoms with Gasteiger partial charge in [0.15, 0.2) is 0 Å². The summed E-state index contributed by atoms with van der Waals surface area (Å²) in [6, 6.07) is 3.58. The van der Waals surface area contributed by atoms with Crippen molar-refractivity contribution in [2.24, 2.45) is 0 Å². The molecule has 1 aromatic rings. The predicted octanol–water partition coefficient (Wildman–Crippen LogP) is 1.60. The summed E-state index contributed by atoms with van der Waals surface area (Å²) in [4.78, 5) is 13.7. The van der Waals surface area contributed by atoms with Crippen LogP contribution in [-0.4, -0.2) is 48.8 Å². The number of halogens is 2. The molecule has 1 saturated heterocycles. The molecule has 0 unspecified atom stereocenters. The van der Waals surface area contributed by atoms with E-state index in [4.69, 9.17) is 16.3 Å². The number of ether oxygens (including phenoxy) is 1. The average Bonchev–Trinajstić information content (AvgIpc) is 2.47. The number of aromatic hydroxyl groups is 1. The summed E-state index contributed by atoms with van der Waals surface area (Å²) in [6.07, 6.45) is -0.456. The highest BCUT2D eigenvalue weighted by molar-refractivity contribution is 14.1. The fraction of sp³-hybridized carbons (Fsp3) is 0.462. The minimum absolute atomic E-state index is 0.121. The monoisotopic (exact) mass is 410 g/mol. The SMILES string of the molecule is CNC(=O)[C@@H]1CN(Cc2ccc(Cl)c(I)c2O)CCO1. The van der Waals surface area contributed by atoms with Crippen LogP contribution < -0.4 is 5.32 Å². The van der Waals surface area contributed by atoms with Crippen LogP contribution >= 0.6 is 34.2 Å². The number of phenols is 1. The molecule has 7 heteroatoms. The lowest BCUT2D eigenvalue weighted by Gasteiger charge is -2.32. The second-order valence-corrected chi connectivity index (χ2v) is 6.06. The number of hydrogen-bond donors (Lipinski definition) is 2. The fourth-order valence-electron chi connectivity index (χ4n) is 2.11. The van der Waals surface area contributed by atoms with Gasteiger partial charge in [0.1, 0.15) is 11.9 Å². The maximum Gasteiger partial charge on any atom is 0.250 e. The standard InChI is InChI=1S/C13H16ClIN2O3/c1-16-13(19)10-7-17(4-5-20-10)6-8-2-3-9(14)11(15)12(8)18/h2-3,10,18H,4-7H2,1H3,(H,16,19)/t10-/m0/s1. The van der Waals surface area contributed by atoms with Gasteiger partial charge in [-0.15, -0.1) is 0 Å². The van der Waals surface area contributed by atoms with Gasteiger partial charge in [-0.05, 0) is 28.7 Å². The molecule has 0 bridgehead atoms. The molecule has 0 spiro atoms. The molecule has 0 aliphatic carbocycles. The van der Waals surface area contributed by atoms with Gasteiger partial charge in [0.05, 0.1) is 15.2 Å². The lowest BCUT2D eigenvalue weighted by atomic mass is 10.1. The first-order chi connectivity index (χ1) is 9.52. The minimum Gasteiger partial charge on any atom is -0.506 e. The molecule has 1 aliphatic rings. The molecule has 0 saturated carbocycles. The Labute approximate surface area is 136 Å². The van der Waals surface area contributed by atoms with Crippen LogP contribution in [0.3, 0.4) is 0 Å². The third-order valence-electron chi connectivity index (χ3n) is 3.24. The van der Waals surface area contributed by atoms with Crippen LogP contribution in [0.2, 0.25) is 5.02 Å². The summed E-state index contributed by atoms with van der Waals surface area (Å²) in [5.74, 6) is 0.0886.